The van der Waals surface area contributed by atoms with Crippen molar-refractivity contribution in [2.45, 2.75) is 46.9 Å². The SMILES string of the molecule is CCn1nc(C)c(N)c1C(=O)OCc1ncnn1C(C)C. The van der Waals surface area contributed by atoms with Crippen LogP contribution in [0.1, 0.15) is 48.8 Å². The van der Waals surface area contributed by atoms with Gasteiger partial charge < -0.3 is 10.5 Å². The van der Waals surface area contributed by atoms with Crippen LogP contribution in [0.25, 0.3) is 0 Å². The van der Waals surface area contributed by atoms with Gasteiger partial charge in [-0.15, -0.1) is 0 Å². The lowest BCUT2D eigenvalue weighted by Gasteiger charge is -2.10. The molecule has 0 saturated heterocycles. The minimum Gasteiger partial charge on any atom is -0.453 e. The number of nitrogen functional groups attached to an aromatic ring is 1. The number of ether oxygens (including phenoxy) is 1. The molecule has 8 heteroatoms. The van der Waals surface area contributed by atoms with E-state index in [0.29, 0.717) is 23.8 Å². The highest BCUT2D eigenvalue weighted by atomic mass is 16.5. The van der Waals surface area contributed by atoms with E-state index in [0.717, 1.165) is 0 Å². The number of nitrogens with two attached hydrogens (primary N) is 1. The Balaban J connectivity index is 2.14. The molecule has 0 amide bonds. The number of nitrogens with zero attached hydrogens (tertiary/aromatic N) is 5. The van der Waals surface area contributed by atoms with E-state index in [1.807, 2.05) is 20.8 Å². The van der Waals surface area contributed by atoms with E-state index in [1.54, 1.807) is 16.3 Å². The maximum Gasteiger partial charge on any atom is 0.359 e. The monoisotopic (exact) mass is 292 g/mol. The Morgan fingerprint density at radius 2 is 2.19 bits per heavy atom. The van der Waals surface area contributed by atoms with Gasteiger partial charge >= 0.3 is 5.97 Å². The molecule has 2 aromatic heterocycles. The van der Waals surface area contributed by atoms with E-state index in [4.69, 9.17) is 10.5 Å². The third-order valence-electron chi connectivity index (χ3n) is 3.14. The second-order valence-corrected chi connectivity index (χ2v) is 4.95. The second kappa shape index (κ2) is 5.94. The highest BCUT2D eigenvalue weighted by Crippen LogP contribution is 2.18. The first-order valence-electron chi connectivity index (χ1n) is 6.84. The van der Waals surface area contributed by atoms with Crippen molar-refractivity contribution in [3.05, 3.63) is 23.5 Å². The molecule has 0 bridgehead atoms. The van der Waals surface area contributed by atoms with Crippen LogP contribution in [0.3, 0.4) is 0 Å². The standard InChI is InChI=1S/C13H20N6O2/c1-5-18-12(11(14)9(4)17-18)13(20)21-6-10-15-7-16-19(10)8(2)3/h7-8H,5-6,14H2,1-4H3. The number of aryl methyl sites for hydroxylation is 2. The summed E-state index contributed by atoms with van der Waals surface area (Å²) in [4.78, 5) is 16.3. The predicted molar refractivity (Wildman–Crippen MR) is 76.6 cm³/mol. The molecule has 0 aliphatic carbocycles. The van der Waals surface area contributed by atoms with Crippen LogP contribution in [0.4, 0.5) is 5.69 Å². The van der Waals surface area contributed by atoms with E-state index in [-0.39, 0.29) is 18.3 Å². The predicted octanol–water partition coefficient (Wildman–Crippen LogP) is 1.32. The van der Waals surface area contributed by atoms with Crippen LogP contribution in [0.2, 0.25) is 0 Å². The van der Waals surface area contributed by atoms with Crippen molar-refractivity contribution < 1.29 is 9.53 Å². The summed E-state index contributed by atoms with van der Waals surface area (Å²) >= 11 is 0. The maximum atomic E-state index is 12.2. The number of carbonyl (C=O) groups is 1. The topological polar surface area (TPSA) is 101 Å². The van der Waals surface area contributed by atoms with E-state index >= 15 is 0 Å². The molecule has 0 saturated carbocycles. The molecule has 0 aliphatic rings. The van der Waals surface area contributed by atoms with Crippen molar-refractivity contribution in [1.82, 2.24) is 24.5 Å². The van der Waals surface area contributed by atoms with Crippen molar-refractivity contribution in [3.8, 4) is 0 Å². The van der Waals surface area contributed by atoms with Crippen LogP contribution in [0.15, 0.2) is 6.33 Å². The Kier molecular flexibility index (Phi) is 4.25. The Labute approximate surface area is 122 Å². The Hall–Kier alpha value is -2.38. The number of hydrogen-bond donors (Lipinski definition) is 1. The molecule has 21 heavy (non-hydrogen) atoms. The number of esters is 1. The van der Waals surface area contributed by atoms with Crippen LogP contribution in [-0.2, 0) is 17.9 Å². The minimum atomic E-state index is -0.506. The third-order valence-corrected chi connectivity index (χ3v) is 3.14. The molecule has 0 aliphatic heterocycles. The summed E-state index contributed by atoms with van der Waals surface area (Å²) in [5.74, 6) is 0.0875. The fourth-order valence-electron chi connectivity index (χ4n) is 2.05. The summed E-state index contributed by atoms with van der Waals surface area (Å²) in [6, 6.07) is 0.148. The number of hydrogen-bond acceptors (Lipinski definition) is 6. The van der Waals surface area contributed by atoms with Crippen LogP contribution in [0, 0.1) is 6.92 Å². The molecular weight excluding hydrogens is 272 g/mol. The van der Waals surface area contributed by atoms with Gasteiger partial charge in [-0.1, -0.05) is 0 Å². The zero-order valence-electron chi connectivity index (χ0n) is 12.7. The highest BCUT2D eigenvalue weighted by Gasteiger charge is 2.21. The molecule has 0 atom stereocenters. The summed E-state index contributed by atoms with van der Waals surface area (Å²) in [5.41, 5.74) is 7.15. The smallest absolute Gasteiger partial charge is 0.359 e. The van der Waals surface area contributed by atoms with Crippen LogP contribution in [0.5, 0.6) is 0 Å². The highest BCUT2D eigenvalue weighted by molar-refractivity contribution is 5.93. The fourth-order valence-corrected chi connectivity index (χ4v) is 2.05. The van der Waals surface area contributed by atoms with Gasteiger partial charge in [0.1, 0.15) is 6.33 Å². The van der Waals surface area contributed by atoms with Gasteiger partial charge in [-0.3, -0.25) is 4.68 Å². The van der Waals surface area contributed by atoms with Crippen molar-refractivity contribution in [2.75, 3.05) is 5.73 Å². The number of anilines is 1. The summed E-state index contributed by atoms with van der Waals surface area (Å²) in [6.07, 6.45) is 1.44. The largest absolute Gasteiger partial charge is 0.453 e. The van der Waals surface area contributed by atoms with Gasteiger partial charge in [-0.2, -0.15) is 10.2 Å². The molecule has 0 radical (unpaired) electrons. The van der Waals surface area contributed by atoms with E-state index in [9.17, 15) is 4.79 Å². The second-order valence-electron chi connectivity index (χ2n) is 4.95. The fraction of sp³-hybridized carbons (Fsp3) is 0.538. The lowest BCUT2D eigenvalue weighted by molar-refractivity contribution is 0.0442. The van der Waals surface area contributed by atoms with E-state index < -0.39 is 5.97 Å². The molecule has 0 aromatic carbocycles. The van der Waals surface area contributed by atoms with Crippen LogP contribution < -0.4 is 5.73 Å². The van der Waals surface area contributed by atoms with Crippen LogP contribution in [-0.4, -0.2) is 30.5 Å². The molecule has 0 unspecified atom stereocenters. The van der Waals surface area contributed by atoms with Gasteiger partial charge in [0.05, 0.1) is 11.4 Å². The lowest BCUT2D eigenvalue weighted by atomic mass is 10.3. The Morgan fingerprint density at radius 3 is 2.81 bits per heavy atom. The molecule has 8 nitrogen and oxygen atoms in total. The van der Waals surface area contributed by atoms with E-state index in [2.05, 4.69) is 15.2 Å². The quantitative estimate of drug-likeness (QED) is 0.834. The summed E-state index contributed by atoms with van der Waals surface area (Å²) in [6.45, 7) is 8.20. The van der Waals surface area contributed by atoms with Gasteiger partial charge in [0, 0.05) is 12.6 Å². The first-order valence-corrected chi connectivity index (χ1v) is 6.84. The molecular formula is C13H20N6O2. The molecule has 2 heterocycles. The molecule has 0 fully saturated rings. The van der Waals surface area contributed by atoms with Crippen molar-refractivity contribution >= 4 is 11.7 Å². The number of aromatic nitrogens is 5. The molecule has 0 spiro atoms. The van der Waals surface area contributed by atoms with E-state index in [1.165, 1.54) is 6.33 Å². The summed E-state index contributed by atoms with van der Waals surface area (Å²) in [5, 5.41) is 8.29. The molecule has 2 N–H and O–H groups in total. The average molecular weight is 292 g/mol. The van der Waals surface area contributed by atoms with Gasteiger partial charge in [0.25, 0.3) is 0 Å². The number of rotatable bonds is 5. The zero-order chi connectivity index (χ0) is 15.6. The maximum absolute atomic E-state index is 12.2. The average Bonchev–Trinajstić information content (AvgIpc) is 3.02. The van der Waals surface area contributed by atoms with Gasteiger partial charge in [0.2, 0.25) is 0 Å². The molecule has 2 rings (SSSR count). The molecule has 114 valence electrons. The van der Waals surface area contributed by atoms with Crippen molar-refractivity contribution in [3.63, 3.8) is 0 Å². The number of carbonyl (C=O) groups excluding carboxylic acids is 1. The first-order chi connectivity index (χ1) is 9.95. The van der Waals surface area contributed by atoms with Gasteiger partial charge in [-0.25, -0.2) is 14.5 Å². The molecule has 2 aromatic rings. The van der Waals surface area contributed by atoms with Gasteiger partial charge in [0.15, 0.2) is 18.1 Å². The summed E-state index contributed by atoms with van der Waals surface area (Å²) in [7, 11) is 0. The lowest BCUT2D eigenvalue weighted by Crippen LogP contribution is -2.16. The van der Waals surface area contributed by atoms with Gasteiger partial charge in [-0.05, 0) is 27.7 Å². The van der Waals surface area contributed by atoms with Crippen molar-refractivity contribution in [1.29, 1.82) is 0 Å². The normalized spacial score (nSPS) is 11.1. The summed E-state index contributed by atoms with van der Waals surface area (Å²) < 4.78 is 8.55. The minimum absolute atomic E-state index is 0.0460. The third kappa shape index (κ3) is 2.88. The zero-order valence-corrected chi connectivity index (χ0v) is 12.7. The Morgan fingerprint density at radius 1 is 1.48 bits per heavy atom. The first kappa shape index (κ1) is 15.0. The van der Waals surface area contributed by atoms with Crippen molar-refractivity contribution in [2.24, 2.45) is 0 Å². The Bertz CT molecular complexity index is 643. The van der Waals surface area contributed by atoms with Crippen LogP contribution >= 0.6 is 0 Å².